The normalized spacial score (nSPS) is 11.6. The van der Waals surface area contributed by atoms with Gasteiger partial charge >= 0.3 is 11.9 Å². The Kier molecular flexibility index (Phi) is 7.73. The summed E-state index contributed by atoms with van der Waals surface area (Å²) < 4.78 is 15.6. The Morgan fingerprint density at radius 2 is 1.76 bits per heavy atom. The van der Waals surface area contributed by atoms with Gasteiger partial charge in [0.15, 0.2) is 6.10 Å². The summed E-state index contributed by atoms with van der Waals surface area (Å²) >= 11 is 5.88. The molecule has 8 nitrogen and oxygen atoms in total. The molecular formula is C20H19ClN2O6. The van der Waals surface area contributed by atoms with Crippen molar-refractivity contribution < 1.29 is 28.6 Å². The fourth-order valence-electron chi connectivity index (χ4n) is 2.15. The van der Waals surface area contributed by atoms with Crippen LogP contribution in [0.1, 0.15) is 26.3 Å². The standard InChI is InChI=1S/C20H19ClN2O6/c1-12(27-17-6-4-5-16(21)9-17)20(26)23-22-11-15-7-8-18(28-13(2)24)10-19(15)29-14(3)25/h4-12H,1-3H3,(H,23,26). The molecule has 2 rings (SSSR count). The molecule has 2 aromatic rings. The fraction of sp³-hybridized carbons (Fsp3) is 0.200. The third-order valence-electron chi connectivity index (χ3n) is 3.36. The Labute approximate surface area is 172 Å². The second-order valence-electron chi connectivity index (χ2n) is 5.84. The average molecular weight is 419 g/mol. The SMILES string of the molecule is CC(=O)Oc1ccc(C=NNC(=O)C(C)Oc2cccc(Cl)c2)c(OC(C)=O)c1. The van der Waals surface area contributed by atoms with Crippen LogP contribution < -0.4 is 19.6 Å². The molecule has 2 aromatic carbocycles. The van der Waals surface area contributed by atoms with E-state index in [0.29, 0.717) is 16.3 Å². The topological polar surface area (TPSA) is 103 Å². The molecule has 1 N–H and O–H groups in total. The smallest absolute Gasteiger partial charge is 0.308 e. The lowest BCUT2D eigenvalue weighted by molar-refractivity contribution is -0.132. The Hall–Kier alpha value is -3.39. The number of nitrogens with zero attached hydrogens (tertiary/aromatic N) is 1. The molecule has 1 atom stereocenters. The summed E-state index contributed by atoms with van der Waals surface area (Å²) in [5, 5.41) is 4.34. The van der Waals surface area contributed by atoms with E-state index >= 15 is 0 Å². The highest BCUT2D eigenvalue weighted by Crippen LogP contribution is 2.24. The minimum Gasteiger partial charge on any atom is -0.481 e. The van der Waals surface area contributed by atoms with E-state index in [1.54, 1.807) is 31.2 Å². The van der Waals surface area contributed by atoms with Crippen molar-refractivity contribution in [2.24, 2.45) is 5.10 Å². The van der Waals surface area contributed by atoms with Crippen LogP contribution in [0.25, 0.3) is 0 Å². The number of halogens is 1. The molecule has 0 heterocycles. The molecule has 1 unspecified atom stereocenters. The molecule has 0 spiro atoms. The molecule has 0 bridgehead atoms. The van der Waals surface area contributed by atoms with Crippen LogP contribution in [-0.2, 0) is 14.4 Å². The van der Waals surface area contributed by atoms with Gasteiger partial charge in [-0.1, -0.05) is 17.7 Å². The minimum absolute atomic E-state index is 0.123. The molecule has 0 radical (unpaired) electrons. The van der Waals surface area contributed by atoms with Gasteiger partial charge in [-0.15, -0.1) is 0 Å². The van der Waals surface area contributed by atoms with Crippen molar-refractivity contribution in [2.75, 3.05) is 0 Å². The number of carbonyl (C=O) groups excluding carboxylic acids is 3. The highest BCUT2D eigenvalue weighted by atomic mass is 35.5. The van der Waals surface area contributed by atoms with Crippen LogP contribution in [0.3, 0.4) is 0 Å². The fourth-order valence-corrected chi connectivity index (χ4v) is 2.33. The lowest BCUT2D eigenvalue weighted by Gasteiger charge is -2.13. The summed E-state index contributed by atoms with van der Waals surface area (Å²) in [5.41, 5.74) is 2.73. The highest BCUT2D eigenvalue weighted by molar-refractivity contribution is 6.30. The first kappa shape index (κ1) is 21.9. The van der Waals surface area contributed by atoms with Crippen LogP contribution in [0.5, 0.6) is 17.2 Å². The van der Waals surface area contributed by atoms with Gasteiger partial charge in [0.2, 0.25) is 0 Å². The van der Waals surface area contributed by atoms with Gasteiger partial charge < -0.3 is 14.2 Å². The summed E-state index contributed by atoms with van der Waals surface area (Å²) in [6, 6.07) is 11.1. The lowest BCUT2D eigenvalue weighted by atomic mass is 10.2. The maximum Gasteiger partial charge on any atom is 0.308 e. The lowest BCUT2D eigenvalue weighted by Crippen LogP contribution is -2.33. The number of esters is 2. The number of amides is 1. The van der Waals surface area contributed by atoms with E-state index in [-0.39, 0.29) is 11.5 Å². The Morgan fingerprint density at radius 3 is 2.41 bits per heavy atom. The third kappa shape index (κ3) is 7.27. The molecule has 29 heavy (non-hydrogen) atoms. The van der Waals surface area contributed by atoms with Crippen molar-refractivity contribution in [3.63, 3.8) is 0 Å². The molecule has 0 aliphatic carbocycles. The van der Waals surface area contributed by atoms with Crippen molar-refractivity contribution in [1.82, 2.24) is 5.43 Å². The van der Waals surface area contributed by atoms with Crippen molar-refractivity contribution >= 4 is 35.7 Å². The van der Waals surface area contributed by atoms with E-state index in [2.05, 4.69) is 10.5 Å². The second kappa shape index (κ2) is 10.2. The minimum atomic E-state index is -0.829. The van der Waals surface area contributed by atoms with Crippen LogP contribution in [0.2, 0.25) is 5.02 Å². The molecule has 0 aliphatic rings. The van der Waals surface area contributed by atoms with Crippen LogP contribution in [-0.4, -0.2) is 30.2 Å². The predicted octanol–water partition coefficient (Wildman–Crippen LogP) is 3.11. The van der Waals surface area contributed by atoms with Gasteiger partial charge in [0.25, 0.3) is 5.91 Å². The first-order valence-corrected chi connectivity index (χ1v) is 8.88. The molecule has 1 amide bonds. The molecule has 152 valence electrons. The molecular weight excluding hydrogens is 400 g/mol. The van der Waals surface area contributed by atoms with Crippen LogP contribution in [0.4, 0.5) is 0 Å². The maximum atomic E-state index is 12.1. The number of ether oxygens (including phenoxy) is 3. The van der Waals surface area contributed by atoms with Crippen LogP contribution in [0, 0.1) is 0 Å². The maximum absolute atomic E-state index is 12.1. The second-order valence-corrected chi connectivity index (χ2v) is 6.28. The summed E-state index contributed by atoms with van der Waals surface area (Å²) in [4.78, 5) is 34.5. The molecule has 0 aromatic heterocycles. The van der Waals surface area contributed by atoms with Crippen molar-refractivity contribution in [3.8, 4) is 17.2 Å². The van der Waals surface area contributed by atoms with Crippen molar-refractivity contribution in [2.45, 2.75) is 26.9 Å². The largest absolute Gasteiger partial charge is 0.481 e. The molecule has 0 fully saturated rings. The number of rotatable bonds is 7. The molecule has 0 saturated carbocycles. The Morgan fingerprint density at radius 1 is 1.03 bits per heavy atom. The number of benzene rings is 2. The third-order valence-corrected chi connectivity index (χ3v) is 3.59. The van der Waals surface area contributed by atoms with Crippen molar-refractivity contribution in [3.05, 3.63) is 53.1 Å². The van der Waals surface area contributed by atoms with E-state index in [4.69, 9.17) is 25.8 Å². The van der Waals surface area contributed by atoms with Crippen LogP contribution in [0.15, 0.2) is 47.6 Å². The zero-order chi connectivity index (χ0) is 21.4. The zero-order valence-corrected chi connectivity index (χ0v) is 16.7. The van der Waals surface area contributed by atoms with Gasteiger partial charge in [0.05, 0.1) is 6.21 Å². The summed E-state index contributed by atoms with van der Waals surface area (Å²) in [6.45, 7) is 4.04. The van der Waals surface area contributed by atoms with E-state index < -0.39 is 23.9 Å². The van der Waals surface area contributed by atoms with E-state index in [0.717, 1.165) is 0 Å². The van der Waals surface area contributed by atoms with Crippen molar-refractivity contribution in [1.29, 1.82) is 0 Å². The van der Waals surface area contributed by atoms with Gasteiger partial charge in [0.1, 0.15) is 17.2 Å². The molecule has 9 heteroatoms. The first-order chi connectivity index (χ1) is 13.7. The highest BCUT2D eigenvalue weighted by Gasteiger charge is 2.14. The van der Waals surface area contributed by atoms with Gasteiger partial charge in [0, 0.05) is 30.5 Å². The van der Waals surface area contributed by atoms with E-state index in [1.807, 2.05) is 0 Å². The quantitative estimate of drug-likeness (QED) is 0.321. The van der Waals surface area contributed by atoms with Gasteiger partial charge in [-0.25, -0.2) is 5.43 Å². The predicted molar refractivity (Wildman–Crippen MR) is 106 cm³/mol. The van der Waals surface area contributed by atoms with Gasteiger partial charge in [-0.3, -0.25) is 14.4 Å². The number of hydrazone groups is 1. The number of hydrogen-bond acceptors (Lipinski definition) is 7. The van der Waals surface area contributed by atoms with Crippen LogP contribution >= 0.6 is 11.6 Å². The summed E-state index contributed by atoms with van der Waals surface area (Å²) in [6.07, 6.45) is 0.463. The average Bonchev–Trinajstić information content (AvgIpc) is 2.62. The monoisotopic (exact) mass is 418 g/mol. The number of hydrogen-bond donors (Lipinski definition) is 1. The molecule has 0 saturated heterocycles. The Bertz CT molecular complexity index is 944. The van der Waals surface area contributed by atoms with Gasteiger partial charge in [-0.2, -0.15) is 5.10 Å². The van der Waals surface area contributed by atoms with Gasteiger partial charge in [-0.05, 0) is 37.3 Å². The zero-order valence-electron chi connectivity index (χ0n) is 16.0. The molecule has 0 aliphatic heterocycles. The Balaban J connectivity index is 2.04. The first-order valence-electron chi connectivity index (χ1n) is 8.50. The van der Waals surface area contributed by atoms with E-state index in [9.17, 15) is 14.4 Å². The summed E-state index contributed by atoms with van der Waals surface area (Å²) in [7, 11) is 0. The summed E-state index contributed by atoms with van der Waals surface area (Å²) in [5.74, 6) is -0.793. The number of carbonyl (C=O) groups is 3. The van der Waals surface area contributed by atoms with E-state index in [1.165, 1.54) is 38.3 Å². The number of nitrogens with one attached hydrogen (secondary N) is 1.